The molecule has 0 radical (unpaired) electrons. The van der Waals surface area contributed by atoms with Crippen molar-refractivity contribution in [3.8, 4) is 0 Å². The van der Waals surface area contributed by atoms with Crippen molar-refractivity contribution in [2.75, 3.05) is 0 Å². The first kappa shape index (κ1) is 9.14. The van der Waals surface area contributed by atoms with Crippen LogP contribution in [-0.2, 0) is 9.53 Å². The van der Waals surface area contributed by atoms with E-state index >= 15 is 0 Å². The van der Waals surface area contributed by atoms with Crippen LogP contribution >= 0.6 is 0 Å². The van der Waals surface area contributed by atoms with Crippen molar-refractivity contribution < 1.29 is 13.9 Å². The Balaban J connectivity index is 3.81. The molecule has 58 valence electrons. The summed E-state index contributed by atoms with van der Waals surface area (Å²) < 4.78 is 16.0. The molecule has 0 saturated carbocycles. The molecule has 0 aliphatic heterocycles. The van der Waals surface area contributed by atoms with Gasteiger partial charge in [-0.05, 0) is 20.8 Å². The molecule has 2 nitrogen and oxygen atoms in total. The zero-order valence-corrected chi connectivity index (χ0v) is 6.35. The van der Waals surface area contributed by atoms with Gasteiger partial charge in [0, 0.05) is 0 Å². The predicted molar refractivity (Wildman–Crippen MR) is 36.1 cm³/mol. The number of ether oxygens (including phenoxy) is 1. The van der Waals surface area contributed by atoms with Crippen molar-refractivity contribution in [3.05, 3.63) is 12.4 Å². The molecule has 0 saturated heterocycles. The Labute approximate surface area is 59.7 Å². The molecule has 3 heteroatoms. The molecular weight excluding hydrogens is 135 g/mol. The average Bonchev–Trinajstić information content (AvgIpc) is 1.59. The summed E-state index contributed by atoms with van der Waals surface area (Å²) in [6, 6.07) is 0. The Morgan fingerprint density at radius 2 is 2.00 bits per heavy atom. The zero-order valence-electron chi connectivity index (χ0n) is 6.35. The van der Waals surface area contributed by atoms with Gasteiger partial charge >= 0.3 is 5.97 Å². The maximum atomic E-state index is 11.3. The summed E-state index contributed by atoms with van der Waals surface area (Å²) >= 11 is 0. The first-order valence-electron chi connectivity index (χ1n) is 2.95. The molecule has 0 rings (SSSR count). The standard InChI is InChI=1S/C7H11FO2/c1-7(2,3)10-6(9)4-5-8/h4-5H,1-3H3. The number of halogens is 1. The fourth-order valence-electron chi connectivity index (χ4n) is 0.387. The lowest BCUT2D eigenvalue weighted by molar-refractivity contribution is -0.148. The normalized spacial score (nSPS) is 12.0. The summed E-state index contributed by atoms with van der Waals surface area (Å²) in [5.74, 6) is -0.657. The highest BCUT2D eigenvalue weighted by Gasteiger charge is 2.13. The van der Waals surface area contributed by atoms with E-state index in [9.17, 15) is 9.18 Å². The monoisotopic (exact) mass is 146 g/mol. The highest BCUT2D eigenvalue weighted by atomic mass is 19.1. The van der Waals surface area contributed by atoms with Crippen LogP contribution in [0.1, 0.15) is 20.8 Å². The summed E-state index contributed by atoms with van der Waals surface area (Å²) in [6.07, 6.45) is 0.902. The van der Waals surface area contributed by atoms with E-state index in [1.165, 1.54) is 0 Å². The van der Waals surface area contributed by atoms with Gasteiger partial charge in [0.25, 0.3) is 0 Å². The molecule has 0 aromatic carbocycles. The summed E-state index contributed by atoms with van der Waals surface area (Å²) in [6.45, 7) is 5.16. The lowest BCUT2D eigenvalue weighted by atomic mass is 10.2. The predicted octanol–water partition coefficient (Wildman–Crippen LogP) is 1.81. The first-order chi connectivity index (χ1) is 4.45. The molecule has 0 aromatic heterocycles. The lowest BCUT2D eigenvalue weighted by Gasteiger charge is -2.17. The molecule has 0 bridgehead atoms. The number of esters is 1. The van der Waals surface area contributed by atoms with Crippen molar-refractivity contribution in [1.82, 2.24) is 0 Å². The first-order valence-corrected chi connectivity index (χ1v) is 2.95. The van der Waals surface area contributed by atoms with Crippen molar-refractivity contribution in [2.24, 2.45) is 0 Å². The molecule has 0 aliphatic rings. The minimum absolute atomic E-state index is 0.161. The van der Waals surface area contributed by atoms with E-state index in [-0.39, 0.29) is 6.33 Å². The summed E-state index contributed by atoms with van der Waals surface area (Å²) in [4.78, 5) is 10.5. The van der Waals surface area contributed by atoms with Crippen LogP contribution in [-0.4, -0.2) is 11.6 Å². The fourth-order valence-corrected chi connectivity index (χ4v) is 0.387. The van der Waals surface area contributed by atoms with Crippen LogP contribution in [0.3, 0.4) is 0 Å². The van der Waals surface area contributed by atoms with Crippen molar-refractivity contribution >= 4 is 5.97 Å². The third kappa shape index (κ3) is 5.28. The summed E-state index contributed by atoms with van der Waals surface area (Å²) in [5, 5.41) is 0. The lowest BCUT2D eigenvalue weighted by Crippen LogP contribution is -2.22. The van der Waals surface area contributed by atoms with Gasteiger partial charge < -0.3 is 4.74 Å². The van der Waals surface area contributed by atoms with Crippen molar-refractivity contribution in [1.29, 1.82) is 0 Å². The minimum Gasteiger partial charge on any atom is -0.457 e. The minimum atomic E-state index is -0.657. The van der Waals surface area contributed by atoms with Crippen molar-refractivity contribution in [3.63, 3.8) is 0 Å². The number of carbonyl (C=O) groups is 1. The van der Waals surface area contributed by atoms with Gasteiger partial charge in [-0.1, -0.05) is 0 Å². The second-order valence-corrected chi connectivity index (χ2v) is 2.83. The Kier molecular flexibility index (Phi) is 3.06. The molecule has 0 aliphatic carbocycles. The number of rotatable bonds is 1. The molecule has 10 heavy (non-hydrogen) atoms. The van der Waals surface area contributed by atoms with E-state index < -0.39 is 11.6 Å². The molecular formula is C7H11FO2. The van der Waals surface area contributed by atoms with Gasteiger partial charge in [-0.2, -0.15) is 0 Å². The molecule has 0 N–H and O–H groups in total. The van der Waals surface area contributed by atoms with Gasteiger partial charge in [0.2, 0.25) is 0 Å². The van der Waals surface area contributed by atoms with Gasteiger partial charge in [0.15, 0.2) is 0 Å². The Hall–Kier alpha value is -0.860. The molecule has 0 heterocycles. The SMILES string of the molecule is CC(C)(C)OC(=O)C=CF. The summed E-state index contributed by atoms with van der Waals surface area (Å²) in [5.41, 5.74) is -0.545. The van der Waals surface area contributed by atoms with Crippen LogP contribution in [0.4, 0.5) is 4.39 Å². The number of hydrogen-bond acceptors (Lipinski definition) is 2. The molecule has 0 fully saturated rings. The molecule has 0 atom stereocenters. The van der Waals surface area contributed by atoms with Gasteiger partial charge in [-0.15, -0.1) is 0 Å². The van der Waals surface area contributed by atoms with Crippen molar-refractivity contribution in [2.45, 2.75) is 26.4 Å². The van der Waals surface area contributed by atoms with E-state index in [1.54, 1.807) is 20.8 Å². The number of hydrogen-bond donors (Lipinski definition) is 0. The van der Waals surface area contributed by atoms with E-state index in [0.717, 1.165) is 6.08 Å². The van der Waals surface area contributed by atoms with Gasteiger partial charge in [0.05, 0.1) is 12.4 Å². The fraction of sp³-hybridized carbons (Fsp3) is 0.571. The van der Waals surface area contributed by atoms with E-state index in [0.29, 0.717) is 0 Å². The molecule has 0 spiro atoms. The highest BCUT2D eigenvalue weighted by Crippen LogP contribution is 2.06. The smallest absolute Gasteiger partial charge is 0.333 e. The second kappa shape index (κ2) is 3.34. The second-order valence-electron chi connectivity index (χ2n) is 2.83. The summed E-state index contributed by atoms with van der Waals surface area (Å²) in [7, 11) is 0. The molecule has 0 unspecified atom stereocenters. The van der Waals surface area contributed by atoms with Crippen LogP contribution in [0.15, 0.2) is 12.4 Å². The van der Waals surface area contributed by atoms with Gasteiger partial charge in [-0.25, -0.2) is 9.18 Å². The quantitative estimate of drug-likeness (QED) is 0.416. The maximum Gasteiger partial charge on any atom is 0.333 e. The zero-order chi connectivity index (χ0) is 8.20. The third-order valence-electron chi connectivity index (χ3n) is 0.606. The number of carbonyl (C=O) groups excluding carboxylic acids is 1. The van der Waals surface area contributed by atoms with Gasteiger partial charge in [-0.3, -0.25) is 0 Å². The largest absolute Gasteiger partial charge is 0.457 e. The van der Waals surface area contributed by atoms with Crippen LogP contribution in [0.25, 0.3) is 0 Å². The Morgan fingerprint density at radius 3 is 2.30 bits per heavy atom. The van der Waals surface area contributed by atoms with E-state index in [2.05, 4.69) is 0 Å². The Morgan fingerprint density at radius 1 is 1.50 bits per heavy atom. The Bertz CT molecular complexity index is 144. The average molecular weight is 146 g/mol. The van der Waals surface area contributed by atoms with E-state index in [1.807, 2.05) is 0 Å². The van der Waals surface area contributed by atoms with Gasteiger partial charge in [0.1, 0.15) is 5.60 Å². The maximum absolute atomic E-state index is 11.3. The highest BCUT2D eigenvalue weighted by molar-refractivity contribution is 5.81. The van der Waals surface area contributed by atoms with Crippen LogP contribution < -0.4 is 0 Å². The molecule has 0 amide bonds. The third-order valence-corrected chi connectivity index (χ3v) is 0.606. The molecule has 0 aromatic rings. The van der Waals surface area contributed by atoms with Crippen LogP contribution in [0, 0.1) is 0 Å². The van der Waals surface area contributed by atoms with E-state index in [4.69, 9.17) is 4.74 Å². The van der Waals surface area contributed by atoms with Crippen LogP contribution in [0.2, 0.25) is 0 Å². The topological polar surface area (TPSA) is 26.3 Å². The van der Waals surface area contributed by atoms with Crippen LogP contribution in [0.5, 0.6) is 0 Å².